The van der Waals surface area contributed by atoms with Gasteiger partial charge in [-0.3, -0.25) is 9.78 Å². The fourth-order valence-electron chi connectivity index (χ4n) is 1.92. The molecule has 3 aromatic rings. The van der Waals surface area contributed by atoms with E-state index >= 15 is 0 Å². The van der Waals surface area contributed by atoms with Gasteiger partial charge in [0.1, 0.15) is 12.4 Å². The summed E-state index contributed by atoms with van der Waals surface area (Å²) in [6, 6.07) is 11.1. The smallest absolute Gasteiger partial charge is 0.187 e. The molecule has 0 saturated carbocycles. The van der Waals surface area contributed by atoms with Gasteiger partial charge >= 0.3 is 0 Å². The average molecular weight is 322 g/mol. The van der Waals surface area contributed by atoms with E-state index in [2.05, 4.69) is 9.97 Å². The third-order valence-electron chi connectivity index (χ3n) is 3.12. The van der Waals surface area contributed by atoms with Crippen LogP contribution in [0.1, 0.15) is 21.6 Å². The first-order chi connectivity index (χ1) is 11.3. The molecule has 0 atom stereocenters. The number of pyridine rings is 1. The van der Waals surface area contributed by atoms with Crippen molar-refractivity contribution in [2.75, 3.05) is 0 Å². The molecule has 23 heavy (non-hydrogen) atoms. The highest BCUT2D eigenvalue weighted by Crippen LogP contribution is 2.15. The third-order valence-corrected chi connectivity index (χ3v) is 3.76. The Labute approximate surface area is 138 Å². The number of ether oxygens (including phenoxy) is 1. The lowest BCUT2D eigenvalue weighted by Crippen LogP contribution is -1.95. The second-order valence-electron chi connectivity index (χ2n) is 4.78. The number of thiazole rings is 1. The van der Waals surface area contributed by atoms with Gasteiger partial charge in [0.15, 0.2) is 5.78 Å². The molecule has 0 aliphatic rings. The third kappa shape index (κ3) is 4.34. The molecule has 0 spiro atoms. The molecule has 0 aliphatic carbocycles. The average Bonchev–Trinajstić information content (AvgIpc) is 3.13. The number of hydrogen-bond donors (Lipinski definition) is 0. The molecule has 0 saturated heterocycles. The maximum atomic E-state index is 12.0. The summed E-state index contributed by atoms with van der Waals surface area (Å²) in [6.45, 7) is 0.457. The molecule has 2 aromatic heterocycles. The number of carbonyl (C=O) groups is 1. The van der Waals surface area contributed by atoms with Crippen LogP contribution in [0.15, 0.2) is 65.8 Å². The SMILES string of the molecule is O=C(C=Cc1ccc(OCc2cscn2)cc1)c1cccnc1. The van der Waals surface area contributed by atoms with E-state index in [4.69, 9.17) is 4.74 Å². The van der Waals surface area contributed by atoms with Crippen LogP contribution in [0.5, 0.6) is 5.75 Å². The minimum Gasteiger partial charge on any atom is -0.487 e. The second kappa shape index (κ2) is 7.47. The highest BCUT2D eigenvalue weighted by Gasteiger charge is 2.01. The molecule has 1 aromatic carbocycles. The number of aromatic nitrogens is 2. The predicted molar refractivity (Wildman–Crippen MR) is 90.5 cm³/mol. The minimum absolute atomic E-state index is 0.0676. The zero-order valence-corrected chi connectivity index (χ0v) is 13.1. The standard InChI is InChI=1S/C18H14N2O2S/c21-18(15-2-1-9-19-10-15)8-5-14-3-6-17(7-4-14)22-11-16-12-23-13-20-16/h1-10,12-13H,11H2. The highest BCUT2D eigenvalue weighted by molar-refractivity contribution is 7.07. The van der Waals surface area contributed by atoms with Gasteiger partial charge in [0, 0.05) is 23.3 Å². The van der Waals surface area contributed by atoms with Crippen LogP contribution in [0.3, 0.4) is 0 Å². The van der Waals surface area contributed by atoms with Crippen molar-refractivity contribution in [1.82, 2.24) is 9.97 Å². The summed E-state index contributed by atoms with van der Waals surface area (Å²) < 4.78 is 5.65. The van der Waals surface area contributed by atoms with E-state index < -0.39 is 0 Å². The van der Waals surface area contributed by atoms with Crippen molar-refractivity contribution in [3.05, 3.63) is 82.6 Å². The number of benzene rings is 1. The normalized spacial score (nSPS) is 10.8. The van der Waals surface area contributed by atoms with E-state index in [9.17, 15) is 4.79 Å². The van der Waals surface area contributed by atoms with Gasteiger partial charge in [-0.05, 0) is 35.9 Å². The zero-order chi connectivity index (χ0) is 15.9. The van der Waals surface area contributed by atoms with Gasteiger partial charge < -0.3 is 4.74 Å². The molecular weight excluding hydrogens is 308 g/mol. The second-order valence-corrected chi connectivity index (χ2v) is 5.50. The molecule has 0 radical (unpaired) electrons. The molecule has 114 valence electrons. The first-order valence-corrected chi connectivity index (χ1v) is 7.98. The first-order valence-electron chi connectivity index (χ1n) is 7.03. The van der Waals surface area contributed by atoms with Crippen molar-refractivity contribution in [3.8, 4) is 5.75 Å². The topological polar surface area (TPSA) is 52.1 Å². The van der Waals surface area contributed by atoms with E-state index in [-0.39, 0.29) is 5.78 Å². The van der Waals surface area contributed by atoms with Crippen molar-refractivity contribution < 1.29 is 9.53 Å². The summed E-state index contributed by atoms with van der Waals surface area (Å²) >= 11 is 1.55. The van der Waals surface area contributed by atoms with Crippen molar-refractivity contribution in [2.24, 2.45) is 0 Å². The van der Waals surface area contributed by atoms with Crippen molar-refractivity contribution in [2.45, 2.75) is 6.61 Å². The molecule has 0 bridgehead atoms. The molecule has 0 N–H and O–H groups in total. The van der Waals surface area contributed by atoms with Crippen LogP contribution in [0.4, 0.5) is 0 Å². The van der Waals surface area contributed by atoms with E-state index in [0.717, 1.165) is 17.0 Å². The van der Waals surface area contributed by atoms with Crippen LogP contribution in [-0.2, 0) is 6.61 Å². The molecule has 3 rings (SSSR count). The van der Waals surface area contributed by atoms with Crippen LogP contribution < -0.4 is 4.74 Å². The van der Waals surface area contributed by atoms with E-state index in [0.29, 0.717) is 12.2 Å². The lowest BCUT2D eigenvalue weighted by molar-refractivity contribution is 0.104. The number of rotatable bonds is 6. The lowest BCUT2D eigenvalue weighted by atomic mass is 10.1. The lowest BCUT2D eigenvalue weighted by Gasteiger charge is -2.04. The predicted octanol–water partition coefficient (Wildman–Crippen LogP) is 4.01. The maximum Gasteiger partial charge on any atom is 0.187 e. The summed E-state index contributed by atoms with van der Waals surface area (Å²) in [5, 5.41) is 1.96. The van der Waals surface area contributed by atoms with Crippen molar-refractivity contribution in [3.63, 3.8) is 0 Å². The maximum absolute atomic E-state index is 12.0. The van der Waals surface area contributed by atoms with Gasteiger partial charge in [-0.1, -0.05) is 18.2 Å². The Morgan fingerprint density at radius 3 is 2.78 bits per heavy atom. The molecule has 4 nitrogen and oxygen atoms in total. The van der Waals surface area contributed by atoms with Gasteiger partial charge in [-0.15, -0.1) is 11.3 Å². The number of hydrogen-bond acceptors (Lipinski definition) is 5. The summed E-state index contributed by atoms with van der Waals surface area (Å²) in [6.07, 6.45) is 6.52. The quantitative estimate of drug-likeness (QED) is 0.508. The first kappa shape index (κ1) is 15.1. The summed E-state index contributed by atoms with van der Waals surface area (Å²) in [5.74, 6) is 0.704. The molecular formula is C18H14N2O2S. The van der Waals surface area contributed by atoms with E-state index in [1.807, 2.05) is 29.6 Å². The minimum atomic E-state index is -0.0676. The zero-order valence-electron chi connectivity index (χ0n) is 12.3. The summed E-state index contributed by atoms with van der Waals surface area (Å²) in [5.41, 5.74) is 4.21. The Morgan fingerprint density at radius 2 is 2.09 bits per heavy atom. The Balaban J connectivity index is 1.59. The van der Waals surface area contributed by atoms with Gasteiger partial charge in [-0.2, -0.15) is 0 Å². The van der Waals surface area contributed by atoms with Crippen LogP contribution in [0.25, 0.3) is 6.08 Å². The van der Waals surface area contributed by atoms with E-state index in [1.54, 1.807) is 53.5 Å². The highest BCUT2D eigenvalue weighted by atomic mass is 32.1. The molecule has 0 fully saturated rings. The number of allylic oxidation sites excluding steroid dienone is 1. The van der Waals surface area contributed by atoms with Crippen LogP contribution in [-0.4, -0.2) is 15.8 Å². The fraction of sp³-hybridized carbons (Fsp3) is 0.0556. The molecule has 5 heteroatoms. The van der Waals surface area contributed by atoms with Gasteiger partial charge in [0.2, 0.25) is 0 Å². The van der Waals surface area contributed by atoms with Gasteiger partial charge in [-0.25, -0.2) is 4.98 Å². The summed E-state index contributed by atoms with van der Waals surface area (Å²) in [4.78, 5) is 20.1. The largest absolute Gasteiger partial charge is 0.487 e. The Kier molecular flexibility index (Phi) is 4.91. The van der Waals surface area contributed by atoms with Crippen LogP contribution >= 0.6 is 11.3 Å². The van der Waals surface area contributed by atoms with Gasteiger partial charge in [0.05, 0.1) is 11.2 Å². The molecule has 0 aliphatic heterocycles. The Hall–Kier alpha value is -2.79. The molecule has 0 amide bonds. The van der Waals surface area contributed by atoms with Crippen molar-refractivity contribution >= 4 is 23.2 Å². The Bertz CT molecular complexity index is 782. The van der Waals surface area contributed by atoms with Gasteiger partial charge in [0.25, 0.3) is 0 Å². The van der Waals surface area contributed by atoms with E-state index in [1.165, 1.54) is 0 Å². The number of ketones is 1. The monoisotopic (exact) mass is 322 g/mol. The fourth-order valence-corrected chi connectivity index (χ4v) is 2.46. The Morgan fingerprint density at radius 1 is 1.22 bits per heavy atom. The number of carbonyl (C=O) groups excluding carboxylic acids is 1. The van der Waals surface area contributed by atoms with Crippen LogP contribution in [0.2, 0.25) is 0 Å². The number of nitrogens with zero attached hydrogens (tertiary/aromatic N) is 2. The molecule has 0 unspecified atom stereocenters. The summed E-state index contributed by atoms with van der Waals surface area (Å²) in [7, 11) is 0. The van der Waals surface area contributed by atoms with Crippen LogP contribution in [0, 0.1) is 0 Å². The molecule has 2 heterocycles. The van der Waals surface area contributed by atoms with Crippen molar-refractivity contribution in [1.29, 1.82) is 0 Å².